The van der Waals surface area contributed by atoms with Gasteiger partial charge in [-0.25, -0.2) is 0 Å². The van der Waals surface area contributed by atoms with Crippen LogP contribution in [0.4, 0.5) is 0 Å². The molecular weight excluding hydrogens is 411 g/mol. The Kier molecular flexibility index (Phi) is 5.79. The minimum absolute atomic E-state index is 0.0885. The number of benzene rings is 2. The first-order valence-electron chi connectivity index (χ1n) is 9.52. The maximum Gasteiger partial charge on any atom is 0.289 e. The van der Waals surface area contributed by atoms with Crippen LogP contribution in [0.2, 0.25) is 10.0 Å². The lowest BCUT2D eigenvalue weighted by molar-refractivity contribution is 0.0655. The summed E-state index contributed by atoms with van der Waals surface area (Å²) >= 11 is 12.0. The summed E-state index contributed by atoms with van der Waals surface area (Å²) in [6.07, 6.45) is 1.63. The van der Waals surface area contributed by atoms with Crippen molar-refractivity contribution in [2.45, 2.75) is 12.8 Å². The molecule has 1 aliphatic heterocycles. The van der Waals surface area contributed by atoms with Crippen molar-refractivity contribution < 1.29 is 14.0 Å². The molecule has 0 aliphatic carbocycles. The molecule has 0 spiro atoms. The number of nitrogens with one attached hydrogen (secondary N) is 1. The Hall–Kier alpha value is -2.50. The van der Waals surface area contributed by atoms with Crippen molar-refractivity contribution >= 4 is 46.0 Å². The molecule has 1 N–H and O–H groups in total. The van der Waals surface area contributed by atoms with E-state index in [0.717, 1.165) is 18.2 Å². The Morgan fingerprint density at radius 3 is 2.59 bits per heavy atom. The number of rotatable bonds is 4. The molecule has 0 bridgehead atoms. The van der Waals surface area contributed by atoms with Gasteiger partial charge >= 0.3 is 0 Å². The Bertz CT molecular complexity index is 1020. The molecule has 29 heavy (non-hydrogen) atoms. The number of likely N-dealkylation sites (tertiary alicyclic amines) is 1. The minimum Gasteiger partial charge on any atom is -0.451 e. The van der Waals surface area contributed by atoms with Crippen LogP contribution >= 0.6 is 23.2 Å². The molecule has 0 atom stereocenters. The van der Waals surface area contributed by atoms with Gasteiger partial charge in [0, 0.05) is 30.0 Å². The van der Waals surface area contributed by atoms with Gasteiger partial charge in [0.1, 0.15) is 5.58 Å². The molecular formula is C22H20Cl2N2O3. The second-order valence-corrected chi connectivity index (χ2v) is 8.06. The molecule has 1 aromatic heterocycles. The molecule has 1 aliphatic rings. The van der Waals surface area contributed by atoms with Crippen molar-refractivity contribution in [3.63, 3.8) is 0 Å². The number of nitrogens with zero attached hydrogens (tertiary/aromatic N) is 1. The van der Waals surface area contributed by atoms with Crippen molar-refractivity contribution in [3.8, 4) is 0 Å². The second-order valence-electron chi connectivity index (χ2n) is 7.22. The average Bonchev–Trinajstić information content (AvgIpc) is 3.18. The van der Waals surface area contributed by atoms with Crippen LogP contribution in [0.1, 0.15) is 33.8 Å². The maximum absolute atomic E-state index is 12.7. The van der Waals surface area contributed by atoms with Crippen LogP contribution in [0.25, 0.3) is 11.0 Å². The van der Waals surface area contributed by atoms with Crippen LogP contribution in [0.5, 0.6) is 0 Å². The highest BCUT2D eigenvalue weighted by atomic mass is 35.5. The lowest BCUT2D eigenvalue weighted by atomic mass is 9.96. The van der Waals surface area contributed by atoms with Gasteiger partial charge in [0.25, 0.3) is 11.8 Å². The fraction of sp³-hybridized carbons (Fsp3) is 0.273. The van der Waals surface area contributed by atoms with Gasteiger partial charge in [-0.05, 0) is 49.1 Å². The summed E-state index contributed by atoms with van der Waals surface area (Å²) in [6.45, 7) is 1.80. The highest BCUT2D eigenvalue weighted by Crippen LogP contribution is 2.24. The first-order valence-corrected chi connectivity index (χ1v) is 10.3. The number of fused-ring (bicyclic) bond motifs is 1. The smallest absolute Gasteiger partial charge is 0.289 e. The molecule has 0 unspecified atom stereocenters. The van der Waals surface area contributed by atoms with Gasteiger partial charge in [-0.2, -0.15) is 0 Å². The largest absolute Gasteiger partial charge is 0.451 e. The Morgan fingerprint density at radius 2 is 1.83 bits per heavy atom. The minimum atomic E-state index is -0.238. The molecule has 4 rings (SSSR count). The van der Waals surface area contributed by atoms with Crippen LogP contribution in [0.15, 0.2) is 52.9 Å². The van der Waals surface area contributed by atoms with Crippen molar-refractivity contribution in [2.75, 3.05) is 19.6 Å². The zero-order chi connectivity index (χ0) is 20.4. The predicted octanol–water partition coefficient (Wildman–Crippen LogP) is 5.02. The molecule has 2 heterocycles. The zero-order valence-electron chi connectivity index (χ0n) is 15.7. The summed E-state index contributed by atoms with van der Waals surface area (Å²) in [4.78, 5) is 26.9. The van der Waals surface area contributed by atoms with Gasteiger partial charge in [0.05, 0.1) is 10.6 Å². The molecule has 5 nitrogen and oxygen atoms in total. The van der Waals surface area contributed by atoms with Gasteiger partial charge < -0.3 is 14.6 Å². The van der Waals surface area contributed by atoms with Gasteiger partial charge in [0.15, 0.2) is 5.76 Å². The fourth-order valence-corrected chi connectivity index (χ4v) is 3.96. The normalized spacial score (nSPS) is 14.9. The third kappa shape index (κ3) is 4.41. The number of piperidine rings is 1. The monoisotopic (exact) mass is 430 g/mol. The van der Waals surface area contributed by atoms with Crippen LogP contribution in [-0.4, -0.2) is 36.3 Å². The standard InChI is InChI=1S/C22H20Cl2N2O3/c23-16-5-6-18(24)17(12-16)21(27)25-13-14-7-9-26(10-8-14)22(28)20-11-15-3-1-2-4-19(15)29-20/h1-6,11-12,14H,7-10,13H2,(H,25,27). The van der Waals surface area contributed by atoms with Gasteiger partial charge in [-0.15, -0.1) is 0 Å². The van der Waals surface area contributed by atoms with Crippen LogP contribution in [-0.2, 0) is 0 Å². The van der Waals surface area contributed by atoms with Gasteiger partial charge in [0.2, 0.25) is 0 Å². The van der Waals surface area contributed by atoms with Crippen LogP contribution in [0, 0.1) is 5.92 Å². The number of carbonyl (C=O) groups is 2. The van der Waals surface area contributed by atoms with Gasteiger partial charge in [-0.1, -0.05) is 41.4 Å². The highest BCUT2D eigenvalue weighted by Gasteiger charge is 2.26. The number of amides is 2. The fourth-order valence-electron chi connectivity index (χ4n) is 3.59. The predicted molar refractivity (Wildman–Crippen MR) is 114 cm³/mol. The van der Waals surface area contributed by atoms with Crippen molar-refractivity contribution in [1.82, 2.24) is 10.2 Å². The molecule has 2 amide bonds. The lowest BCUT2D eigenvalue weighted by Gasteiger charge is -2.31. The molecule has 2 aromatic carbocycles. The topological polar surface area (TPSA) is 62.6 Å². The van der Waals surface area contributed by atoms with Crippen molar-refractivity contribution in [2.24, 2.45) is 5.92 Å². The van der Waals surface area contributed by atoms with Crippen LogP contribution in [0.3, 0.4) is 0 Å². The molecule has 150 valence electrons. The quantitative estimate of drug-likeness (QED) is 0.631. The van der Waals surface area contributed by atoms with Crippen LogP contribution < -0.4 is 5.32 Å². The molecule has 7 heteroatoms. The van der Waals surface area contributed by atoms with Crippen molar-refractivity contribution in [3.05, 3.63) is 69.9 Å². The summed E-state index contributed by atoms with van der Waals surface area (Å²) in [6, 6.07) is 14.2. The summed E-state index contributed by atoms with van der Waals surface area (Å²) in [5.41, 5.74) is 1.09. The highest BCUT2D eigenvalue weighted by molar-refractivity contribution is 6.35. The number of para-hydroxylation sites is 1. The number of halogens is 2. The second kappa shape index (κ2) is 8.47. The summed E-state index contributed by atoms with van der Waals surface area (Å²) in [5, 5.41) is 4.69. The van der Waals surface area contributed by atoms with Crippen molar-refractivity contribution in [1.29, 1.82) is 0 Å². The molecule has 1 saturated heterocycles. The van der Waals surface area contributed by atoms with E-state index in [2.05, 4.69) is 5.32 Å². The summed E-state index contributed by atoms with van der Waals surface area (Å²) in [5.74, 6) is 0.345. The molecule has 0 radical (unpaired) electrons. The van der Waals surface area contributed by atoms with E-state index in [4.69, 9.17) is 27.6 Å². The first kappa shape index (κ1) is 19.8. The van der Waals surface area contributed by atoms with E-state index in [0.29, 0.717) is 52.5 Å². The van der Waals surface area contributed by atoms with E-state index in [1.807, 2.05) is 29.2 Å². The van der Waals surface area contributed by atoms with E-state index in [-0.39, 0.29) is 11.8 Å². The average molecular weight is 431 g/mol. The number of hydrogen-bond acceptors (Lipinski definition) is 3. The third-order valence-electron chi connectivity index (χ3n) is 5.26. The van der Waals surface area contributed by atoms with E-state index < -0.39 is 0 Å². The lowest BCUT2D eigenvalue weighted by Crippen LogP contribution is -2.41. The summed E-state index contributed by atoms with van der Waals surface area (Å²) < 4.78 is 5.69. The molecule has 3 aromatic rings. The van der Waals surface area contributed by atoms with E-state index in [9.17, 15) is 9.59 Å². The Balaban J connectivity index is 1.30. The van der Waals surface area contributed by atoms with E-state index in [1.165, 1.54) is 0 Å². The SMILES string of the molecule is O=C(NCC1CCN(C(=O)c2cc3ccccc3o2)CC1)c1cc(Cl)ccc1Cl. The van der Waals surface area contributed by atoms with E-state index in [1.54, 1.807) is 24.3 Å². The van der Waals surface area contributed by atoms with Gasteiger partial charge in [-0.3, -0.25) is 9.59 Å². The molecule has 1 fully saturated rings. The Morgan fingerprint density at radius 1 is 1.07 bits per heavy atom. The van der Waals surface area contributed by atoms with E-state index >= 15 is 0 Å². The third-order valence-corrected chi connectivity index (χ3v) is 5.83. The summed E-state index contributed by atoms with van der Waals surface area (Å²) in [7, 11) is 0. The number of carbonyl (C=O) groups excluding carboxylic acids is 2. The maximum atomic E-state index is 12.7. The number of hydrogen-bond donors (Lipinski definition) is 1. The zero-order valence-corrected chi connectivity index (χ0v) is 17.2. The first-order chi connectivity index (χ1) is 14.0. The number of furan rings is 1. The Labute approximate surface area is 178 Å². The molecule has 0 saturated carbocycles.